The van der Waals surface area contributed by atoms with Gasteiger partial charge in [0.25, 0.3) is 0 Å². The van der Waals surface area contributed by atoms with Gasteiger partial charge in [-0.1, -0.05) is 48.0 Å². The summed E-state index contributed by atoms with van der Waals surface area (Å²) in [7, 11) is 0. The van der Waals surface area contributed by atoms with Crippen molar-refractivity contribution in [1.29, 1.82) is 0 Å². The lowest BCUT2D eigenvalue weighted by Gasteiger charge is -2.21. The average Bonchev–Trinajstić information content (AvgIpc) is 2.96. The third-order valence-electron chi connectivity index (χ3n) is 4.05. The van der Waals surface area contributed by atoms with Crippen LogP contribution >= 0.6 is 11.6 Å². The molecule has 2 atom stereocenters. The number of aliphatic hydroxyl groups excluding tert-OH is 1. The molecule has 1 saturated heterocycles. The number of benzene rings is 1. The topological polar surface area (TPSA) is 79.7 Å². The van der Waals surface area contributed by atoms with Crippen molar-refractivity contribution in [3.05, 3.63) is 64.9 Å². The molecule has 6 nitrogen and oxygen atoms in total. The van der Waals surface area contributed by atoms with Crippen LogP contribution in [0.1, 0.15) is 23.7 Å². The largest absolute Gasteiger partial charge is 0.447 e. The molecule has 1 aromatic heterocycles. The number of halogens is 1. The Kier molecular flexibility index (Phi) is 5.31. The molecule has 1 aliphatic rings. The monoisotopic (exact) mass is 360 g/mol. The molecule has 0 saturated carbocycles. The quantitative estimate of drug-likeness (QED) is 0.829. The summed E-state index contributed by atoms with van der Waals surface area (Å²) in [6.07, 6.45) is -0.0552. The summed E-state index contributed by atoms with van der Waals surface area (Å²) in [5.41, 5.74) is 1.47. The van der Waals surface area contributed by atoms with Crippen LogP contribution in [0.25, 0.3) is 0 Å². The predicted octanol–water partition coefficient (Wildman–Crippen LogP) is 2.75. The number of aliphatic hydroxyl groups is 1. The smallest absolute Gasteiger partial charge is 0.416 e. The summed E-state index contributed by atoms with van der Waals surface area (Å²) in [6, 6.07) is 12.3. The van der Waals surface area contributed by atoms with Crippen molar-refractivity contribution >= 4 is 23.6 Å². The van der Waals surface area contributed by atoms with Gasteiger partial charge in [-0.05, 0) is 23.6 Å². The van der Waals surface area contributed by atoms with Crippen molar-refractivity contribution in [2.75, 3.05) is 6.61 Å². The first kappa shape index (κ1) is 17.4. The van der Waals surface area contributed by atoms with Gasteiger partial charge in [-0.2, -0.15) is 0 Å². The van der Waals surface area contributed by atoms with Crippen LogP contribution in [0.5, 0.6) is 0 Å². The van der Waals surface area contributed by atoms with E-state index < -0.39 is 18.1 Å². The number of carbonyl (C=O) groups excluding carboxylic acids is 2. The first-order valence-electron chi connectivity index (χ1n) is 7.87. The summed E-state index contributed by atoms with van der Waals surface area (Å²) >= 11 is 5.71. The Morgan fingerprint density at radius 1 is 1.32 bits per heavy atom. The standard InChI is InChI=1S/C18H17ClN2O4/c19-16-7-6-13(10-20-16)15(22)9-17(23)21-14(11-25-18(21)24)8-12-4-2-1-3-5-12/h1-7,10,14-15,22H,8-9,11H2/t14-,15-/m0/s1. The summed E-state index contributed by atoms with van der Waals surface area (Å²) in [6.45, 7) is 0.151. The van der Waals surface area contributed by atoms with Crippen molar-refractivity contribution in [3.8, 4) is 0 Å². The van der Waals surface area contributed by atoms with Gasteiger partial charge in [-0.25, -0.2) is 14.7 Å². The fourth-order valence-electron chi connectivity index (χ4n) is 2.77. The van der Waals surface area contributed by atoms with E-state index in [2.05, 4.69) is 4.98 Å². The number of pyridine rings is 1. The van der Waals surface area contributed by atoms with Crippen molar-refractivity contribution in [3.63, 3.8) is 0 Å². The zero-order valence-electron chi connectivity index (χ0n) is 13.3. The molecule has 1 N–H and O–H groups in total. The van der Waals surface area contributed by atoms with Crippen LogP contribution in [0.3, 0.4) is 0 Å². The van der Waals surface area contributed by atoms with E-state index >= 15 is 0 Å². The summed E-state index contributed by atoms with van der Waals surface area (Å²) in [4.78, 5) is 29.5. The molecule has 2 heterocycles. The van der Waals surface area contributed by atoms with Crippen LogP contribution in [0.4, 0.5) is 4.79 Å². The second kappa shape index (κ2) is 7.63. The van der Waals surface area contributed by atoms with E-state index in [0.29, 0.717) is 17.1 Å². The lowest BCUT2D eigenvalue weighted by molar-refractivity contribution is -0.131. The van der Waals surface area contributed by atoms with Crippen LogP contribution in [0.15, 0.2) is 48.7 Å². The number of imide groups is 1. The minimum Gasteiger partial charge on any atom is -0.447 e. The second-order valence-corrected chi connectivity index (χ2v) is 6.21. The Morgan fingerprint density at radius 2 is 2.08 bits per heavy atom. The van der Waals surface area contributed by atoms with E-state index in [0.717, 1.165) is 10.5 Å². The Balaban J connectivity index is 1.68. The molecule has 0 aliphatic carbocycles. The van der Waals surface area contributed by atoms with Gasteiger partial charge in [0, 0.05) is 6.20 Å². The molecule has 1 aliphatic heterocycles. The molecular formula is C18H17ClN2O4. The molecule has 1 fully saturated rings. The second-order valence-electron chi connectivity index (χ2n) is 5.82. The number of rotatable bonds is 5. The molecule has 7 heteroatoms. The SMILES string of the molecule is O=C(C[C@H](O)c1ccc(Cl)nc1)N1C(=O)OC[C@@H]1Cc1ccccc1. The molecule has 0 bridgehead atoms. The van der Waals surface area contributed by atoms with E-state index in [1.807, 2.05) is 30.3 Å². The number of cyclic esters (lactones) is 1. The number of amides is 2. The molecule has 130 valence electrons. The van der Waals surface area contributed by atoms with E-state index in [1.54, 1.807) is 6.07 Å². The first-order valence-corrected chi connectivity index (χ1v) is 8.24. The molecular weight excluding hydrogens is 344 g/mol. The summed E-state index contributed by atoms with van der Waals surface area (Å²) < 4.78 is 5.03. The number of hydrogen-bond acceptors (Lipinski definition) is 5. The van der Waals surface area contributed by atoms with Gasteiger partial charge in [-0.15, -0.1) is 0 Å². The normalized spacial score (nSPS) is 18.1. The van der Waals surface area contributed by atoms with E-state index in [4.69, 9.17) is 16.3 Å². The number of aromatic nitrogens is 1. The van der Waals surface area contributed by atoms with Crippen LogP contribution in [-0.4, -0.2) is 39.6 Å². The molecule has 0 radical (unpaired) electrons. The number of nitrogens with zero attached hydrogens (tertiary/aromatic N) is 2. The van der Waals surface area contributed by atoms with Gasteiger partial charge < -0.3 is 9.84 Å². The molecule has 2 aromatic rings. The highest BCUT2D eigenvalue weighted by Crippen LogP contribution is 2.23. The molecule has 3 rings (SSSR count). The van der Waals surface area contributed by atoms with Crippen LogP contribution in [-0.2, 0) is 16.0 Å². The average molecular weight is 361 g/mol. The van der Waals surface area contributed by atoms with Crippen molar-refractivity contribution in [1.82, 2.24) is 9.88 Å². The third-order valence-corrected chi connectivity index (χ3v) is 4.27. The van der Waals surface area contributed by atoms with E-state index in [1.165, 1.54) is 12.3 Å². The van der Waals surface area contributed by atoms with Gasteiger partial charge in [0.1, 0.15) is 11.8 Å². The van der Waals surface area contributed by atoms with Crippen molar-refractivity contribution < 1.29 is 19.4 Å². The van der Waals surface area contributed by atoms with Crippen LogP contribution in [0, 0.1) is 0 Å². The minimum absolute atomic E-state index is 0.151. The Morgan fingerprint density at radius 3 is 2.76 bits per heavy atom. The van der Waals surface area contributed by atoms with Crippen molar-refractivity contribution in [2.24, 2.45) is 0 Å². The Labute approximate surface area is 150 Å². The van der Waals surface area contributed by atoms with E-state index in [9.17, 15) is 14.7 Å². The lowest BCUT2D eigenvalue weighted by atomic mass is 10.0. The molecule has 0 spiro atoms. The highest BCUT2D eigenvalue weighted by Gasteiger charge is 2.38. The fraction of sp³-hybridized carbons (Fsp3) is 0.278. The van der Waals surface area contributed by atoms with Crippen LogP contribution in [0.2, 0.25) is 5.15 Å². The Bertz CT molecular complexity index is 751. The molecule has 25 heavy (non-hydrogen) atoms. The number of hydrogen-bond donors (Lipinski definition) is 1. The van der Waals surface area contributed by atoms with Gasteiger partial charge in [0.15, 0.2) is 0 Å². The molecule has 2 amide bonds. The molecule has 1 aromatic carbocycles. The van der Waals surface area contributed by atoms with Gasteiger partial charge in [-0.3, -0.25) is 4.79 Å². The summed E-state index contributed by atoms with van der Waals surface area (Å²) in [5.74, 6) is -0.481. The fourth-order valence-corrected chi connectivity index (χ4v) is 2.88. The van der Waals surface area contributed by atoms with Gasteiger partial charge in [0.05, 0.1) is 18.6 Å². The number of carbonyl (C=O) groups is 2. The first-order chi connectivity index (χ1) is 12.0. The zero-order valence-corrected chi connectivity index (χ0v) is 14.1. The lowest BCUT2D eigenvalue weighted by Crippen LogP contribution is -2.40. The maximum Gasteiger partial charge on any atom is 0.416 e. The maximum absolute atomic E-state index is 12.5. The highest BCUT2D eigenvalue weighted by molar-refractivity contribution is 6.29. The van der Waals surface area contributed by atoms with Gasteiger partial charge in [0.2, 0.25) is 5.91 Å². The zero-order chi connectivity index (χ0) is 17.8. The minimum atomic E-state index is -1.07. The highest BCUT2D eigenvalue weighted by atomic mass is 35.5. The Hall–Kier alpha value is -2.44. The molecule has 0 unspecified atom stereocenters. The maximum atomic E-state index is 12.5. The predicted molar refractivity (Wildman–Crippen MR) is 91.0 cm³/mol. The third kappa shape index (κ3) is 4.15. The van der Waals surface area contributed by atoms with Crippen LogP contribution < -0.4 is 0 Å². The van der Waals surface area contributed by atoms with E-state index in [-0.39, 0.29) is 19.1 Å². The van der Waals surface area contributed by atoms with Gasteiger partial charge >= 0.3 is 6.09 Å². The number of ether oxygens (including phenoxy) is 1. The summed E-state index contributed by atoms with van der Waals surface area (Å²) in [5, 5.41) is 10.5. The van der Waals surface area contributed by atoms with Crippen molar-refractivity contribution in [2.45, 2.75) is 25.0 Å².